The average Bonchev–Trinajstić information content (AvgIpc) is 3.32. The molecule has 374 valence electrons. The molecule has 4 aromatic rings. The minimum Gasteiger partial charge on any atom is -0.493 e. The van der Waals surface area contributed by atoms with E-state index in [1.54, 1.807) is 44.2 Å². The van der Waals surface area contributed by atoms with Crippen LogP contribution in [0.15, 0.2) is 60.7 Å². The minimum atomic E-state index is -1.39. The second kappa shape index (κ2) is 25.1. The van der Waals surface area contributed by atoms with E-state index in [0.717, 1.165) is 24.0 Å². The Bertz CT molecular complexity index is 2510. The van der Waals surface area contributed by atoms with Gasteiger partial charge in [-0.2, -0.15) is 5.26 Å². The van der Waals surface area contributed by atoms with Crippen LogP contribution in [0.25, 0.3) is 22.5 Å². The van der Waals surface area contributed by atoms with E-state index in [9.17, 15) is 29.2 Å². The summed E-state index contributed by atoms with van der Waals surface area (Å²) in [7, 11) is 1.44. The number of ether oxygens (including phenoxy) is 2. The third kappa shape index (κ3) is 13.9. The maximum absolute atomic E-state index is 14.8. The van der Waals surface area contributed by atoms with Crippen molar-refractivity contribution < 1.29 is 33.4 Å². The van der Waals surface area contributed by atoms with Crippen LogP contribution < -0.4 is 47.9 Å². The van der Waals surface area contributed by atoms with E-state index in [4.69, 9.17) is 26.7 Å². The quantitative estimate of drug-likeness (QED) is 0.0521. The van der Waals surface area contributed by atoms with E-state index < -0.39 is 53.7 Å². The summed E-state index contributed by atoms with van der Waals surface area (Å²) >= 11 is 0. The lowest BCUT2D eigenvalue weighted by atomic mass is 9.86. The molecule has 4 bridgehead atoms. The fourth-order valence-corrected chi connectivity index (χ4v) is 8.17. The number of aromatic nitrogens is 2. The van der Waals surface area contributed by atoms with Gasteiger partial charge in [0.2, 0.25) is 23.6 Å². The number of aryl methyl sites for hydroxylation is 2. The van der Waals surface area contributed by atoms with E-state index >= 15 is 0 Å². The molecule has 1 aliphatic rings. The highest BCUT2D eigenvalue weighted by Gasteiger charge is 2.36. The largest absolute Gasteiger partial charge is 0.493 e. The molecule has 0 fully saturated rings. The SMILES string of the molecule is Cc1nc(-c2ccc(C(C)(C)C)cc2)nc(C)c1C(=O)N[C@@H](CCN)C(=O)N(C)[C@@H]1C(=O)N[C@@H](C)C(=O)N[C@H](C(=O)NCC#N)Cc2ccc(OCCCCN)c(c2)-c2cc1ccc2OCCCCN. The summed E-state index contributed by atoms with van der Waals surface area (Å²) in [6.07, 6.45) is 2.81. The summed E-state index contributed by atoms with van der Waals surface area (Å²) in [5.74, 6) is -1.91. The summed E-state index contributed by atoms with van der Waals surface area (Å²) in [4.78, 5) is 81.7. The molecule has 10 N–H and O–H groups in total. The van der Waals surface area contributed by atoms with Crippen molar-refractivity contribution in [2.24, 2.45) is 17.2 Å². The van der Waals surface area contributed by atoms with Gasteiger partial charge >= 0.3 is 0 Å². The molecule has 0 unspecified atom stereocenters. The predicted octanol–water partition coefficient (Wildman–Crippen LogP) is 3.79. The smallest absolute Gasteiger partial charge is 0.255 e. The van der Waals surface area contributed by atoms with Crippen LogP contribution in [-0.2, 0) is 31.0 Å². The topological polar surface area (TPSA) is 283 Å². The van der Waals surface area contributed by atoms with Gasteiger partial charge in [-0.05, 0) is 119 Å². The number of hydrogen-bond donors (Lipinski definition) is 7. The fraction of sp³-hybridized carbons (Fsp3) is 0.462. The first-order valence-corrected chi connectivity index (χ1v) is 23.8. The number of hydrogen-bond acceptors (Lipinski definition) is 13. The van der Waals surface area contributed by atoms with Gasteiger partial charge in [-0.1, -0.05) is 57.2 Å². The Morgan fingerprint density at radius 1 is 0.843 bits per heavy atom. The number of rotatable bonds is 19. The van der Waals surface area contributed by atoms with Crippen LogP contribution in [-0.4, -0.2) is 109 Å². The lowest BCUT2D eigenvalue weighted by Crippen LogP contribution is -2.56. The zero-order valence-electron chi connectivity index (χ0n) is 41.4. The number of carbonyl (C=O) groups is 5. The molecule has 2 heterocycles. The molecule has 0 saturated carbocycles. The Labute approximate surface area is 410 Å². The monoisotopic (exact) mass is 960 g/mol. The summed E-state index contributed by atoms with van der Waals surface area (Å²) in [6, 6.07) is 15.4. The number of amides is 5. The van der Waals surface area contributed by atoms with Crippen molar-refractivity contribution in [3.8, 4) is 40.1 Å². The van der Waals surface area contributed by atoms with Crippen molar-refractivity contribution in [1.29, 1.82) is 5.26 Å². The molecule has 70 heavy (non-hydrogen) atoms. The zero-order chi connectivity index (χ0) is 51.1. The molecule has 0 spiro atoms. The molecule has 0 aliphatic carbocycles. The van der Waals surface area contributed by atoms with Gasteiger partial charge in [0.1, 0.15) is 42.2 Å². The Morgan fingerprint density at radius 3 is 2.01 bits per heavy atom. The Morgan fingerprint density at radius 2 is 1.44 bits per heavy atom. The normalized spacial score (nSPS) is 16.4. The van der Waals surface area contributed by atoms with E-state index in [-0.39, 0.29) is 36.9 Å². The first-order chi connectivity index (χ1) is 33.4. The summed E-state index contributed by atoms with van der Waals surface area (Å²) in [5.41, 5.74) is 22.6. The van der Waals surface area contributed by atoms with Gasteiger partial charge in [-0.25, -0.2) is 9.97 Å². The highest BCUT2D eigenvalue weighted by Crippen LogP contribution is 2.40. The van der Waals surface area contributed by atoms with Crippen LogP contribution in [0.5, 0.6) is 11.5 Å². The van der Waals surface area contributed by atoms with Crippen molar-refractivity contribution in [2.45, 2.75) is 110 Å². The number of nitrogens with two attached hydrogens (primary N) is 3. The second-order valence-electron chi connectivity index (χ2n) is 18.5. The number of carbonyl (C=O) groups excluding carboxylic acids is 5. The van der Waals surface area contributed by atoms with Gasteiger partial charge in [-0.3, -0.25) is 24.0 Å². The lowest BCUT2D eigenvalue weighted by molar-refractivity contribution is -0.141. The molecule has 5 amide bonds. The highest BCUT2D eigenvalue weighted by atomic mass is 16.5. The van der Waals surface area contributed by atoms with Gasteiger partial charge in [0.05, 0.1) is 36.2 Å². The van der Waals surface area contributed by atoms with Gasteiger partial charge < -0.3 is 52.8 Å². The van der Waals surface area contributed by atoms with E-state index in [2.05, 4.69) is 52.0 Å². The summed E-state index contributed by atoms with van der Waals surface area (Å²) < 4.78 is 12.7. The fourth-order valence-electron chi connectivity index (χ4n) is 8.17. The first-order valence-electron chi connectivity index (χ1n) is 23.8. The summed E-state index contributed by atoms with van der Waals surface area (Å²) in [5, 5.41) is 20.1. The standard InChI is InChI=1S/C52H69N11O7/c1-31-44(32(2)59-46(58-31)35-13-16-37(17-14-35)52(4,5)6)49(66)61-40(20-23-55)51(68)63(7)45-36-15-19-43(70-27-11-9-22-54)39(30-36)38-28-34(12-18-42(38)69-26-10-8-21-53)29-41(48(65)57-25-24-56)62-47(64)33(3)60-50(45)67/h12-19,28,30,33,40-41,45H,8-11,20-23,25-27,29,53-55H2,1-7H3,(H,57,65)(H,60,67)(H,61,66)(H,62,64)/t33-,40-,41-,45-/m0/s1. The molecule has 18 heteroatoms. The number of benzene rings is 3. The molecule has 1 aromatic heterocycles. The van der Waals surface area contributed by atoms with Gasteiger partial charge in [-0.15, -0.1) is 0 Å². The van der Waals surface area contributed by atoms with Crippen LogP contribution in [0.4, 0.5) is 0 Å². The molecule has 5 rings (SSSR count). The number of fused-ring (bicyclic) bond motifs is 5. The highest BCUT2D eigenvalue weighted by molar-refractivity contribution is 6.00. The number of nitriles is 1. The average molecular weight is 960 g/mol. The van der Waals surface area contributed by atoms with Gasteiger partial charge in [0.15, 0.2) is 5.82 Å². The van der Waals surface area contributed by atoms with Crippen LogP contribution in [0.3, 0.4) is 0 Å². The van der Waals surface area contributed by atoms with Crippen LogP contribution >= 0.6 is 0 Å². The van der Waals surface area contributed by atoms with Crippen LogP contribution in [0.2, 0.25) is 0 Å². The maximum atomic E-state index is 14.8. The van der Waals surface area contributed by atoms with Crippen molar-refractivity contribution in [3.63, 3.8) is 0 Å². The minimum absolute atomic E-state index is 0.00437. The van der Waals surface area contributed by atoms with Gasteiger partial charge in [0.25, 0.3) is 5.91 Å². The van der Waals surface area contributed by atoms with Crippen molar-refractivity contribution in [1.82, 2.24) is 36.1 Å². The Balaban J connectivity index is 1.59. The zero-order valence-corrected chi connectivity index (χ0v) is 41.4. The molecular formula is C52H69N11O7. The third-order valence-corrected chi connectivity index (χ3v) is 12.1. The number of unbranched alkanes of at least 4 members (excludes halogenated alkanes) is 2. The van der Waals surface area contributed by atoms with E-state index in [1.807, 2.05) is 36.4 Å². The summed E-state index contributed by atoms with van der Waals surface area (Å²) in [6.45, 7) is 12.6. The molecule has 4 atom stereocenters. The third-order valence-electron chi connectivity index (χ3n) is 12.1. The van der Waals surface area contributed by atoms with Crippen molar-refractivity contribution in [2.75, 3.05) is 46.4 Å². The van der Waals surface area contributed by atoms with Crippen molar-refractivity contribution >= 4 is 29.5 Å². The molecular weight excluding hydrogens is 891 g/mol. The number of likely N-dealkylation sites (N-methyl/N-ethyl adjacent to an activating group) is 1. The number of nitrogens with one attached hydrogen (secondary N) is 4. The van der Waals surface area contributed by atoms with Gasteiger partial charge in [0, 0.05) is 30.2 Å². The molecule has 1 aliphatic heterocycles. The van der Waals surface area contributed by atoms with E-state index in [1.165, 1.54) is 18.9 Å². The van der Waals surface area contributed by atoms with E-state index in [0.29, 0.717) is 90.1 Å². The first kappa shape index (κ1) is 54.0. The second-order valence-corrected chi connectivity index (χ2v) is 18.5. The molecule has 0 saturated heterocycles. The predicted molar refractivity (Wildman–Crippen MR) is 267 cm³/mol. The lowest BCUT2D eigenvalue weighted by Gasteiger charge is -2.32. The number of nitrogens with zero attached hydrogens (tertiary/aromatic N) is 4. The maximum Gasteiger partial charge on any atom is 0.255 e. The Kier molecular flexibility index (Phi) is 19.3. The molecule has 18 nitrogen and oxygen atoms in total. The van der Waals surface area contributed by atoms with Crippen LogP contribution in [0.1, 0.15) is 104 Å². The van der Waals surface area contributed by atoms with Crippen LogP contribution in [0, 0.1) is 25.2 Å². The molecule has 0 radical (unpaired) electrons. The van der Waals surface area contributed by atoms with Crippen molar-refractivity contribution in [3.05, 3.63) is 94.3 Å². The Hall–Kier alpha value is -6.94. The molecule has 3 aromatic carbocycles.